The Bertz CT molecular complexity index is 882. The fourth-order valence-electron chi connectivity index (χ4n) is 4.52. The van der Waals surface area contributed by atoms with Gasteiger partial charge in [-0.2, -0.15) is 0 Å². The van der Waals surface area contributed by atoms with Crippen molar-refractivity contribution in [2.45, 2.75) is 25.8 Å². The van der Waals surface area contributed by atoms with Gasteiger partial charge in [-0.1, -0.05) is 29.8 Å². The van der Waals surface area contributed by atoms with Gasteiger partial charge >= 0.3 is 0 Å². The molecule has 0 bridgehead atoms. The van der Waals surface area contributed by atoms with Gasteiger partial charge in [0, 0.05) is 56.0 Å². The smallest absolute Gasteiger partial charge is 0.256 e. The number of para-hydroxylation sites is 1. The van der Waals surface area contributed by atoms with Crippen molar-refractivity contribution in [2.24, 2.45) is 0 Å². The van der Waals surface area contributed by atoms with E-state index in [-0.39, 0.29) is 11.5 Å². The summed E-state index contributed by atoms with van der Waals surface area (Å²) in [7, 11) is 0. The largest absolute Gasteiger partial charge is 0.369 e. The minimum absolute atomic E-state index is 0.0718. The molecule has 1 atom stereocenters. The van der Waals surface area contributed by atoms with E-state index in [0.29, 0.717) is 24.2 Å². The van der Waals surface area contributed by atoms with E-state index >= 15 is 0 Å². The standard InChI is InChI=1S/C23H27ClFN3O/c1-17-5-2-3-7-22(17)27-13-11-26(12-14-27)19-6-4-10-28(16-19)23(29)20-15-18(24)8-9-21(20)25/h2-3,5,7-9,15,19H,4,6,10-14,16H2,1H3/t19-/m0/s1. The molecule has 2 heterocycles. The fraction of sp³-hybridized carbons (Fsp3) is 0.435. The lowest BCUT2D eigenvalue weighted by Gasteiger charge is -2.44. The fourth-order valence-corrected chi connectivity index (χ4v) is 4.69. The molecule has 0 radical (unpaired) electrons. The number of anilines is 1. The summed E-state index contributed by atoms with van der Waals surface area (Å²) < 4.78 is 14.1. The number of hydrogen-bond donors (Lipinski definition) is 0. The Morgan fingerprint density at radius 2 is 1.83 bits per heavy atom. The second kappa shape index (κ2) is 8.72. The molecule has 0 unspecified atom stereocenters. The van der Waals surface area contributed by atoms with E-state index in [1.54, 1.807) is 4.90 Å². The number of halogens is 2. The average molecular weight is 416 g/mol. The Kier molecular flexibility index (Phi) is 6.07. The second-order valence-corrected chi connectivity index (χ2v) is 8.42. The van der Waals surface area contributed by atoms with Gasteiger partial charge in [0.05, 0.1) is 5.56 Å². The van der Waals surface area contributed by atoms with Crippen molar-refractivity contribution in [1.29, 1.82) is 0 Å². The zero-order valence-electron chi connectivity index (χ0n) is 16.8. The van der Waals surface area contributed by atoms with Crippen molar-refractivity contribution in [1.82, 2.24) is 9.80 Å². The van der Waals surface area contributed by atoms with Gasteiger partial charge in [0.2, 0.25) is 0 Å². The minimum atomic E-state index is -0.506. The molecule has 2 aromatic rings. The summed E-state index contributed by atoms with van der Waals surface area (Å²) in [5.41, 5.74) is 2.69. The summed E-state index contributed by atoms with van der Waals surface area (Å²) >= 11 is 5.98. The van der Waals surface area contributed by atoms with Crippen LogP contribution >= 0.6 is 11.6 Å². The third-order valence-corrected chi connectivity index (χ3v) is 6.36. The Balaban J connectivity index is 1.39. The quantitative estimate of drug-likeness (QED) is 0.751. The first kappa shape index (κ1) is 20.2. The van der Waals surface area contributed by atoms with Crippen molar-refractivity contribution in [3.05, 3.63) is 64.4 Å². The van der Waals surface area contributed by atoms with Crippen LogP contribution in [0.15, 0.2) is 42.5 Å². The number of benzene rings is 2. The van der Waals surface area contributed by atoms with E-state index in [9.17, 15) is 9.18 Å². The molecule has 6 heteroatoms. The normalized spacial score (nSPS) is 20.7. The van der Waals surface area contributed by atoms with Gasteiger partial charge in [-0.05, 0) is 49.6 Å². The maximum atomic E-state index is 14.1. The Labute approximate surface area is 176 Å². The highest BCUT2D eigenvalue weighted by atomic mass is 35.5. The van der Waals surface area contributed by atoms with Gasteiger partial charge in [-0.15, -0.1) is 0 Å². The van der Waals surface area contributed by atoms with Crippen LogP contribution in [0.4, 0.5) is 10.1 Å². The third kappa shape index (κ3) is 4.41. The number of carbonyl (C=O) groups excluding carboxylic acids is 1. The molecule has 0 aromatic heterocycles. The molecule has 0 saturated carbocycles. The van der Waals surface area contributed by atoms with Crippen LogP contribution in [0, 0.1) is 12.7 Å². The molecule has 2 fully saturated rings. The van der Waals surface area contributed by atoms with Crippen LogP contribution in [0.5, 0.6) is 0 Å². The SMILES string of the molecule is Cc1ccccc1N1CCN([C@H]2CCCN(C(=O)c3cc(Cl)ccc3F)C2)CC1. The lowest BCUT2D eigenvalue weighted by molar-refractivity contribution is 0.0559. The minimum Gasteiger partial charge on any atom is -0.369 e. The molecule has 154 valence electrons. The Hall–Kier alpha value is -2.11. The molecule has 2 aliphatic rings. The summed E-state index contributed by atoms with van der Waals surface area (Å²) in [6, 6.07) is 13.0. The number of piperidine rings is 1. The lowest BCUT2D eigenvalue weighted by Crippen LogP contribution is -2.56. The Morgan fingerprint density at radius 1 is 1.07 bits per heavy atom. The molecule has 29 heavy (non-hydrogen) atoms. The maximum Gasteiger partial charge on any atom is 0.256 e. The van der Waals surface area contributed by atoms with Gasteiger partial charge in [-0.3, -0.25) is 9.69 Å². The summed E-state index contributed by atoms with van der Waals surface area (Å²) in [5.74, 6) is -0.762. The molecule has 2 aromatic carbocycles. The van der Waals surface area contributed by atoms with Crippen LogP contribution in [0.1, 0.15) is 28.8 Å². The van der Waals surface area contributed by atoms with Crippen molar-refractivity contribution in [2.75, 3.05) is 44.2 Å². The highest BCUT2D eigenvalue weighted by Gasteiger charge is 2.31. The van der Waals surface area contributed by atoms with Gasteiger partial charge in [0.25, 0.3) is 5.91 Å². The number of amides is 1. The van der Waals surface area contributed by atoms with Crippen LogP contribution < -0.4 is 4.90 Å². The molecule has 0 N–H and O–H groups in total. The van der Waals surface area contributed by atoms with Crippen LogP contribution in [0.25, 0.3) is 0 Å². The van der Waals surface area contributed by atoms with E-state index in [1.165, 1.54) is 29.4 Å². The van der Waals surface area contributed by atoms with Crippen LogP contribution in [0.2, 0.25) is 5.02 Å². The number of nitrogens with zero attached hydrogens (tertiary/aromatic N) is 3. The number of carbonyl (C=O) groups is 1. The summed E-state index contributed by atoms with van der Waals surface area (Å²) in [4.78, 5) is 19.6. The van der Waals surface area contributed by atoms with Crippen molar-refractivity contribution in [3.8, 4) is 0 Å². The average Bonchev–Trinajstić information content (AvgIpc) is 2.75. The van der Waals surface area contributed by atoms with Crippen LogP contribution in [-0.2, 0) is 0 Å². The van der Waals surface area contributed by atoms with Crippen molar-refractivity contribution < 1.29 is 9.18 Å². The predicted molar refractivity (Wildman–Crippen MR) is 115 cm³/mol. The first-order valence-corrected chi connectivity index (χ1v) is 10.7. The predicted octanol–water partition coefficient (Wildman–Crippen LogP) is 4.21. The van der Waals surface area contributed by atoms with Crippen LogP contribution in [0.3, 0.4) is 0 Å². The molecule has 2 aliphatic heterocycles. The van der Waals surface area contributed by atoms with E-state index in [4.69, 9.17) is 11.6 Å². The van der Waals surface area contributed by atoms with Crippen LogP contribution in [-0.4, -0.2) is 61.0 Å². The molecule has 0 aliphatic carbocycles. The van der Waals surface area contributed by atoms with Crippen molar-refractivity contribution >= 4 is 23.2 Å². The van der Waals surface area contributed by atoms with E-state index in [2.05, 4.69) is 41.0 Å². The van der Waals surface area contributed by atoms with Gasteiger partial charge in [0.15, 0.2) is 0 Å². The van der Waals surface area contributed by atoms with Crippen molar-refractivity contribution in [3.63, 3.8) is 0 Å². The molecule has 4 rings (SSSR count). The number of piperazine rings is 1. The lowest BCUT2D eigenvalue weighted by atomic mass is 10.0. The molecular formula is C23H27ClFN3O. The maximum absolute atomic E-state index is 14.1. The molecule has 0 spiro atoms. The highest BCUT2D eigenvalue weighted by Crippen LogP contribution is 2.25. The number of likely N-dealkylation sites (tertiary alicyclic amines) is 1. The summed E-state index contributed by atoms with van der Waals surface area (Å²) in [6.07, 6.45) is 2.02. The molecular weight excluding hydrogens is 389 g/mol. The molecule has 2 saturated heterocycles. The number of rotatable bonds is 3. The van der Waals surface area contributed by atoms with Gasteiger partial charge < -0.3 is 9.80 Å². The first-order chi connectivity index (χ1) is 14.0. The topological polar surface area (TPSA) is 26.8 Å². The summed E-state index contributed by atoms with van der Waals surface area (Å²) in [5, 5.41) is 0.385. The van der Waals surface area contributed by atoms with E-state index < -0.39 is 5.82 Å². The van der Waals surface area contributed by atoms with E-state index in [1.807, 2.05) is 0 Å². The number of hydrogen-bond acceptors (Lipinski definition) is 3. The zero-order valence-corrected chi connectivity index (χ0v) is 17.5. The summed E-state index contributed by atoms with van der Waals surface area (Å²) in [6.45, 7) is 7.40. The molecule has 4 nitrogen and oxygen atoms in total. The molecule has 1 amide bonds. The zero-order chi connectivity index (χ0) is 20.4. The van der Waals surface area contributed by atoms with Gasteiger partial charge in [-0.25, -0.2) is 4.39 Å². The Morgan fingerprint density at radius 3 is 2.59 bits per heavy atom. The van der Waals surface area contributed by atoms with E-state index in [0.717, 1.165) is 39.0 Å². The third-order valence-electron chi connectivity index (χ3n) is 6.13. The van der Waals surface area contributed by atoms with Gasteiger partial charge in [0.1, 0.15) is 5.82 Å². The first-order valence-electron chi connectivity index (χ1n) is 10.3. The monoisotopic (exact) mass is 415 g/mol. The highest BCUT2D eigenvalue weighted by molar-refractivity contribution is 6.31. The number of aryl methyl sites for hydroxylation is 1. The second-order valence-electron chi connectivity index (χ2n) is 7.98.